The van der Waals surface area contributed by atoms with Gasteiger partial charge in [0.15, 0.2) is 0 Å². The van der Waals surface area contributed by atoms with Gasteiger partial charge in [-0.15, -0.1) is 12.4 Å². The second-order valence-electron chi connectivity index (χ2n) is 4.09. The lowest BCUT2D eigenvalue weighted by molar-refractivity contribution is 0.414. The number of hydrogen-bond acceptors (Lipinski definition) is 4. The Kier molecular flexibility index (Phi) is 4.98. The molecule has 1 unspecified atom stereocenters. The predicted molar refractivity (Wildman–Crippen MR) is 71.6 cm³/mol. The first-order chi connectivity index (χ1) is 8.04. The van der Waals surface area contributed by atoms with Crippen LogP contribution >= 0.6 is 12.4 Å². The normalized spacial score (nSPS) is 20.4. The Hall–Kier alpha value is -0.820. The highest BCUT2D eigenvalue weighted by atomic mass is 35.5. The molecule has 0 spiro atoms. The van der Waals surface area contributed by atoms with Crippen LogP contribution in [0.3, 0.4) is 0 Å². The molecule has 2 N–H and O–H groups in total. The number of nitrogens with two attached hydrogens (primary N) is 1. The summed E-state index contributed by atoms with van der Waals surface area (Å²) in [6, 6.07) is 6.34. The fourth-order valence-electron chi connectivity index (χ4n) is 1.87. The van der Waals surface area contributed by atoms with Crippen molar-refractivity contribution in [3.8, 4) is 5.75 Å². The topological polar surface area (TPSA) is 72.6 Å². The van der Waals surface area contributed by atoms with Crippen molar-refractivity contribution in [3.63, 3.8) is 0 Å². The molecule has 1 aromatic rings. The van der Waals surface area contributed by atoms with Crippen LogP contribution in [0, 0.1) is 0 Å². The van der Waals surface area contributed by atoms with Crippen molar-refractivity contribution in [1.29, 1.82) is 0 Å². The predicted octanol–water partition coefficient (Wildman–Crippen LogP) is 0.839. The van der Waals surface area contributed by atoms with Crippen molar-refractivity contribution < 1.29 is 13.2 Å². The fourth-order valence-corrected chi connectivity index (χ4v) is 3.38. The molecule has 18 heavy (non-hydrogen) atoms. The third-order valence-electron chi connectivity index (χ3n) is 2.88. The van der Waals surface area contributed by atoms with Crippen LogP contribution in [-0.4, -0.2) is 39.0 Å². The van der Waals surface area contributed by atoms with Gasteiger partial charge in [-0.1, -0.05) is 0 Å². The number of methoxy groups -OCH3 is 1. The Balaban J connectivity index is 0.00000162. The van der Waals surface area contributed by atoms with Crippen molar-refractivity contribution in [1.82, 2.24) is 4.31 Å². The molecule has 0 aromatic heterocycles. The van der Waals surface area contributed by atoms with Crippen LogP contribution in [0.2, 0.25) is 0 Å². The number of ether oxygens (including phenoxy) is 1. The lowest BCUT2D eigenvalue weighted by Crippen LogP contribution is -2.31. The monoisotopic (exact) mass is 292 g/mol. The second-order valence-corrected chi connectivity index (χ2v) is 6.03. The van der Waals surface area contributed by atoms with E-state index in [9.17, 15) is 8.42 Å². The van der Waals surface area contributed by atoms with E-state index < -0.39 is 10.0 Å². The van der Waals surface area contributed by atoms with Crippen molar-refractivity contribution in [2.45, 2.75) is 17.4 Å². The zero-order valence-corrected chi connectivity index (χ0v) is 11.7. The van der Waals surface area contributed by atoms with Crippen molar-refractivity contribution in [2.24, 2.45) is 5.73 Å². The Morgan fingerprint density at radius 2 is 1.94 bits per heavy atom. The average molecular weight is 293 g/mol. The molecule has 1 heterocycles. The molecule has 0 radical (unpaired) electrons. The molecular formula is C11H17ClN2O3S. The molecule has 5 nitrogen and oxygen atoms in total. The van der Waals surface area contributed by atoms with Gasteiger partial charge in [0, 0.05) is 19.1 Å². The Labute approximate surface area is 113 Å². The molecule has 2 rings (SSSR count). The van der Waals surface area contributed by atoms with Gasteiger partial charge in [0.2, 0.25) is 10.0 Å². The van der Waals surface area contributed by atoms with E-state index in [1.807, 2.05) is 0 Å². The van der Waals surface area contributed by atoms with Crippen LogP contribution in [0.15, 0.2) is 29.2 Å². The number of sulfonamides is 1. The molecule has 1 saturated heterocycles. The number of halogens is 1. The van der Waals surface area contributed by atoms with Crippen LogP contribution in [0.25, 0.3) is 0 Å². The average Bonchev–Trinajstić information content (AvgIpc) is 2.77. The summed E-state index contributed by atoms with van der Waals surface area (Å²) in [6.45, 7) is 0.893. The van der Waals surface area contributed by atoms with Crippen LogP contribution in [0.1, 0.15) is 6.42 Å². The molecular weight excluding hydrogens is 276 g/mol. The third-order valence-corrected chi connectivity index (χ3v) is 4.76. The highest BCUT2D eigenvalue weighted by molar-refractivity contribution is 7.89. The number of rotatable bonds is 3. The van der Waals surface area contributed by atoms with Gasteiger partial charge in [-0.3, -0.25) is 0 Å². The first-order valence-corrected chi connectivity index (χ1v) is 6.88. The molecule has 1 aliphatic rings. The minimum absolute atomic E-state index is 0. The van der Waals surface area contributed by atoms with Crippen LogP contribution in [0.4, 0.5) is 0 Å². The summed E-state index contributed by atoms with van der Waals surface area (Å²) < 4.78 is 30.8. The van der Waals surface area contributed by atoms with E-state index in [4.69, 9.17) is 10.5 Å². The van der Waals surface area contributed by atoms with Crippen LogP contribution in [0.5, 0.6) is 5.75 Å². The lowest BCUT2D eigenvalue weighted by atomic mass is 10.3. The summed E-state index contributed by atoms with van der Waals surface area (Å²) in [5, 5.41) is 0. The SMILES string of the molecule is COc1ccc(S(=O)(=O)N2CCC(N)C2)cc1.Cl. The molecule has 0 amide bonds. The van der Waals surface area contributed by atoms with Gasteiger partial charge >= 0.3 is 0 Å². The fraction of sp³-hybridized carbons (Fsp3) is 0.455. The van der Waals surface area contributed by atoms with Crippen molar-refractivity contribution >= 4 is 22.4 Å². The van der Waals surface area contributed by atoms with Crippen LogP contribution < -0.4 is 10.5 Å². The van der Waals surface area contributed by atoms with E-state index in [0.717, 1.165) is 6.42 Å². The van der Waals surface area contributed by atoms with E-state index >= 15 is 0 Å². The smallest absolute Gasteiger partial charge is 0.243 e. The Morgan fingerprint density at radius 1 is 1.33 bits per heavy atom. The number of hydrogen-bond donors (Lipinski definition) is 1. The quantitative estimate of drug-likeness (QED) is 0.896. The number of benzene rings is 1. The van der Waals surface area contributed by atoms with E-state index in [-0.39, 0.29) is 23.3 Å². The van der Waals surface area contributed by atoms with Gasteiger partial charge < -0.3 is 10.5 Å². The summed E-state index contributed by atoms with van der Waals surface area (Å²) in [4.78, 5) is 0.285. The molecule has 1 atom stereocenters. The first-order valence-electron chi connectivity index (χ1n) is 5.44. The van der Waals surface area contributed by atoms with Gasteiger partial charge in [0.25, 0.3) is 0 Å². The van der Waals surface area contributed by atoms with Gasteiger partial charge in [0.05, 0.1) is 12.0 Å². The Bertz CT molecular complexity index is 490. The minimum atomic E-state index is -3.40. The molecule has 0 saturated carbocycles. The standard InChI is InChI=1S/C11H16N2O3S.ClH/c1-16-10-2-4-11(5-3-10)17(14,15)13-7-6-9(12)8-13;/h2-5,9H,6-8,12H2,1H3;1H. The zero-order valence-electron chi connectivity index (χ0n) is 10.1. The van der Waals surface area contributed by atoms with Crippen LogP contribution in [-0.2, 0) is 10.0 Å². The number of nitrogens with zero attached hydrogens (tertiary/aromatic N) is 1. The lowest BCUT2D eigenvalue weighted by Gasteiger charge is -2.16. The first kappa shape index (κ1) is 15.2. The molecule has 1 aliphatic heterocycles. The maximum atomic E-state index is 12.2. The van der Waals surface area contributed by atoms with E-state index in [1.54, 1.807) is 31.4 Å². The maximum Gasteiger partial charge on any atom is 0.243 e. The van der Waals surface area contributed by atoms with E-state index in [2.05, 4.69) is 0 Å². The minimum Gasteiger partial charge on any atom is -0.497 e. The molecule has 7 heteroatoms. The molecule has 1 fully saturated rings. The molecule has 0 bridgehead atoms. The summed E-state index contributed by atoms with van der Waals surface area (Å²) in [5.74, 6) is 0.641. The van der Waals surface area contributed by atoms with Gasteiger partial charge in [0.1, 0.15) is 5.75 Å². The van der Waals surface area contributed by atoms with Crippen molar-refractivity contribution in [2.75, 3.05) is 20.2 Å². The Morgan fingerprint density at radius 3 is 2.39 bits per heavy atom. The largest absolute Gasteiger partial charge is 0.497 e. The van der Waals surface area contributed by atoms with E-state index in [0.29, 0.717) is 18.8 Å². The van der Waals surface area contributed by atoms with E-state index in [1.165, 1.54) is 4.31 Å². The summed E-state index contributed by atoms with van der Waals surface area (Å²) in [5.41, 5.74) is 5.72. The zero-order chi connectivity index (χ0) is 12.5. The maximum absolute atomic E-state index is 12.2. The van der Waals surface area contributed by atoms with Gasteiger partial charge in [-0.25, -0.2) is 8.42 Å². The summed E-state index contributed by atoms with van der Waals surface area (Å²) in [7, 11) is -1.85. The molecule has 0 aliphatic carbocycles. The second kappa shape index (κ2) is 5.88. The summed E-state index contributed by atoms with van der Waals surface area (Å²) >= 11 is 0. The van der Waals surface area contributed by atoms with Crippen molar-refractivity contribution in [3.05, 3.63) is 24.3 Å². The molecule has 102 valence electrons. The van der Waals surface area contributed by atoms with Gasteiger partial charge in [-0.05, 0) is 30.7 Å². The summed E-state index contributed by atoms with van der Waals surface area (Å²) in [6.07, 6.45) is 0.718. The van der Waals surface area contributed by atoms with Gasteiger partial charge in [-0.2, -0.15) is 4.31 Å². The highest BCUT2D eigenvalue weighted by Crippen LogP contribution is 2.22. The highest BCUT2D eigenvalue weighted by Gasteiger charge is 2.30. The molecule has 1 aromatic carbocycles. The third kappa shape index (κ3) is 2.95.